The molecule has 0 bridgehead atoms. The zero-order chi connectivity index (χ0) is 13.1. The van der Waals surface area contributed by atoms with Gasteiger partial charge in [-0.05, 0) is 52.2 Å². The first-order valence-corrected chi connectivity index (χ1v) is 6.40. The van der Waals surface area contributed by atoms with Crippen molar-refractivity contribution in [2.75, 3.05) is 0 Å². The summed E-state index contributed by atoms with van der Waals surface area (Å²) in [7, 11) is 0. The van der Waals surface area contributed by atoms with Crippen molar-refractivity contribution in [1.29, 1.82) is 0 Å². The van der Waals surface area contributed by atoms with Crippen LogP contribution >= 0.6 is 15.9 Å². The second-order valence-corrected chi connectivity index (χ2v) is 4.98. The Kier molecular flexibility index (Phi) is 4.09. The number of hydrogen-bond acceptors (Lipinski definition) is 2. The van der Waals surface area contributed by atoms with Gasteiger partial charge in [0.15, 0.2) is 0 Å². The van der Waals surface area contributed by atoms with E-state index < -0.39 is 6.10 Å². The molecule has 1 aromatic carbocycles. The first kappa shape index (κ1) is 13.2. The van der Waals surface area contributed by atoms with Crippen molar-refractivity contribution < 1.29 is 9.50 Å². The molecule has 1 unspecified atom stereocenters. The Bertz CT molecular complexity index is 559. The van der Waals surface area contributed by atoms with Crippen molar-refractivity contribution in [2.24, 2.45) is 0 Å². The SMILES string of the molecule is Cc1ccnc(C(O)Cc2cccc(F)c2Br)c1. The van der Waals surface area contributed by atoms with Gasteiger partial charge in [-0.2, -0.15) is 0 Å². The molecular weight excluding hydrogens is 297 g/mol. The van der Waals surface area contributed by atoms with E-state index in [9.17, 15) is 9.50 Å². The summed E-state index contributed by atoms with van der Waals surface area (Å²) >= 11 is 3.19. The summed E-state index contributed by atoms with van der Waals surface area (Å²) in [5.74, 6) is -0.322. The van der Waals surface area contributed by atoms with Crippen LogP contribution in [0.25, 0.3) is 0 Å². The summed E-state index contributed by atoms with van der Waals surface area (Å²) in [6, 6.07) is 8.50. The normalized spacial score (nSPS) is 12.4. The molecule has 2 aromatic rings. The Morgan fingerprint density at radius 1 is 1.39 bits per heavy atom. The maximum atomic E-state index is 13.4. The number of aliphatic hydroxyl groups excluding tert-OH is 1. The van der Waals surface area contributed by atoms with Crippen LogP contribution in [0.1, 0.15) is 22.9 Å². The number of aliphatic hydroxyl groups is 1. The van der Waals surface area contributed by atoms with Crippen LogP contribution < -0.4 is 0 Å². The molecule has 1 heterocycles. The van der Waals surface area contributed by atoms with E-state index in [2.05, 4.69) is 20.9 Å². The molecule has 18 heavy (non-hydrogen) atoms. The fourth-order valence-corrected chi connectivity index (χ4v) is 2.19. The van der Waals surface area contributed by atoms with Gasteiger partial charge in [-0.1, -0.05) is 12.1 Å². The van der Waals surface area contributed by atoms with Crippen LogP contribution in [-0.4, -0.2) is 10.1 Å². The summed E-state index contributed by atoms with van der Waals surface area (Å²) in [6.45, 7) is 1.94. The van der Waals surface area contributed by atoms with Gasteiger partial charge in [0.25, 0.3) is 0 Å². The Morgan fingerprint density at radius 3 is 2.89 bits per heavy atom. The molecule has 1 aromatic heterocycles. The molecule has 1 N–H and O–H groups in total. The lowest BCUT2D eigenvalue weighted by Crippen LogP contribution is -2.05. The number of rotatable bonds is 3. The molecule has 0 saturated heterocycles. The highest BCUT2D eigenvalue weighted by atomic mass is 79.9. The molecule has 1 atom stereocenters. The van der Waals surface area contributed by atoms with E-state index in [0.29, 0.717) is 16.6 Å². The minimum atomic E-state index is -0.733. The predicted octanol–water partition coefficient (Wildman–Crippen LogP) is 3.57. The van der Waals surface area contributed by atoms with Gasteiger partial charge in [-0.25, -0.2) is 4.39 Å². The summed E-state index contributed by atoms with van der Waals surface area (Å²) in [6.07, 6.45) is 1.26. The molecule has 0 amide bonds. The summed E-state index contributed by atoms with van der Waals surface area (Å²) < 4.78 is 13.8. The molecule has 2 nitrogen and oxygen atoms in total. The number of aromatic nitrogens is 1. The van der Waals surface area contributed by atoms with Gasteiger partial charge in [0.05, 0.1) is 16.3 Å². The van der Waals surface area contributed by atoms with Gasteiger partial charge in [-0.3, -0.25) is 4.98 Å². The summed E-state index contributed by atoms with van der Waals surface area (Å²) in [4.78, 5) is 4.13. The van der Waals surface area contributed by atoms with Crippen molar-refractivity contribution in [1.82, 2.24) is 4.98 Å². The van der Waals surface area contributed by atoms with E-state index in [1.807, 2.05) is 19.1 Å². The number of nitrogens with zero attached hydrogens (tertiary/aromatic N) is 1. The lowest BCUT2D eigenvalue weighted by atomic mass is 10.0. The van der Waals surface area contributed by atoms with Crippen molar-refractivity contribution >= 4 is 15.9 Å². The first-order valence-electron chi connectivity index (χ1n) is 5.61. The van der Waals surface area contributed by atoms with Crippen molar-refractivity contribution in [2.45, 2.75) is 19.4 Å². The maximum absolute atomic E-state index is 13.4. The fourth-order valence-electron chi connectivity index (χ4n) is 1.76. The number of benzene rings is 1. The van der Waals surface area contributed by atoms with Crippen LogP contribution in [0.4, 0.5) is 4.39 Å². The summed E-state index contributed by atoms with van der Waals surface area (Å²) in [5.41, 5.74) is 2.37. The number of aryl methyl sites for hydroxylation is 1. The smallest absolute Gasteiger partial charge is 0.137 e. The quantitative estimate of drug-likeness (QED) is 0.940. The Balaban J connectivity index is 2.21. The topological polar surface area (TPSA) is 33.1 Å². The second kappa shape index (κ2) is 5.59. The molecule has 2 rings (SSSR count). The Morgan fingerprint density at radius 2 is 2.17 bits per heavy atom. The summed E-state index contributed by atoms with van der Waals surface area (Å²) in [5, 5.41) is 10.1. The third kappa shape index (κ3) is 2.94. The van der Waals surface area contributed by atoms with E-state index in [1.165, 1.54) is 6.07 Å². The molecule has 0 aliphatic rings. The minimum Gasteiger partial charge on any atom is -0.386 e. The number of halogens is 2. The molecule has 0 saturated carbocycles. The largest absolute Gasteiger partial charge is 0.386 e. The molecule has 4 heteroatoms. The first-order chi connectivity index (χ1) is 8.58. The van der Waals surface area contributed by atoms with Crippen molar-refractivity contribution in [3.05, 3.63) is 63.6 Å². The molecule has 0 aliphatic carbocycles. The van der Waals surface area contributed by atoms with Gasteiger partial charge in [0.2, 0.25) is 0 Å². The second-order valence-electron chi connectivity index (χ2n) is 4.19. The van der Waals surface area contributed by atoms with Crippen molar-refractivity contribution in [3.63, 3.8) is 0 Å². The highest BCUT2D eigenvalue weighted by Gasteiger charge is 2.13. The average molecular weight is 310 g/mol. The fraction of sp³-hybridized carbons (Fsp3) is 0.214. The lowest BCUT2D eigenvalue weighted by Gasteiger charge is -2.12. The standard InChI is InChI=1S/C14H13BrFNO/c1-9-5-6-17-12(7-9)13(18)8-10-3-2-4-11(16)14(10)15/h2-7,13,18H,8H2,1H3. The zero-order valence-electron chi connectivity index (χ0n) is 9.90. The van der Waals surface area contributed by atoms with Crippen LogP contribution in [-0.2, 0) is 6.42 Å². The van der Waals surface area contributed by atoms with E-state index in [0.717, 1.165) is 11.1 Å². The van der Waals surface area contributed by atoms with Crippen LogP contribution in [0.3, 0.4) is 0 Å². The van der Waals surface area contributed by atoms with E-state index in [1.54, 1.807) is 18.3 Å². The maximum Gasteiger partial charge on any atom is 0.137 e. The van der Waals surface area contributed by atoms with Crippen LogP contribution in [0, 0.1) is 12.7 Å². The van der Waals surface area contributed by atoms with E-state index in [4.69, 9.17) is 0 Å². The number of pyridine rings is 1. The Labute approximate surface area is 114 Å². The molecular formula is C14H13BrFNO. The highest BCUT2D eigenvalue weighted by Crippen LogP contribution is 2.25. The van der Waals surface area contributed by atoms with Crippen LogP contribution in [0.5, 0.6) is 0 Å². The zero-order valence-corrected chi connectivity index (χ0v) is 11.5. The Hall–Kier alpha value is -1.26. The van der Waals surface area contributed by atoms with Gasteiger partial charge in [-0.15, -0.1) is 0 Å². The molecule has 94 valence electrons. The third-order valence-corrected chi connectivity index (χ3v) is 3.61. The highest BCUT2D eigenvalue weighted by molar-refractivity contribution is 9.10. The molecule has 0 aliphatic heterocycles. The van der Waals surface area contributed by atoms with E-state index in [-0.39, 0.29) is 5.82 Å². The molecule has 0 spiro atoms. The van der Waals surface area contributed by atoms with Gasteiger partial charge in [0.1, 0.15) is 5.82 Å². The van der Waals surface area contributed by atoms with Crippen LogP contribution in [0.2, 0.25) is 0 Å². The molecule has 0 fully saturated rings. The van der Waals surface area contributed by atoms with Crippen molar-refractivity contribution in [3.8, 4) is 0 Å². The third-order valence-electron chi connectivity index (χ3n) is 2.72. The monoisotopic (exact) mass is 309 g/mol. The van der Waals surface area contributed by atoms with E-state index >= 15 is 0 Å². The molecule has 0 radical (unpaired) electrons. The van der Waals surface area contributed by atoms with Gasteiger partial charge < -0.3 is 5.11 Å². The average Bonchev–Trinajstić information content (AvgIpc) is 2.35. The number of hydrogen-bond donors (Lipinski definition) is 1. The van der Waals surface area contributed by atoms with Crippen LogP contribution in [0.15, 0.2) is 41.0 Å². The van der Waals surface area contributed by atoms with Gasteiger partial charge >= 0.3 is 0 Å². The lowest BCUT2D eigenvalue weighted by molar-refractivity contribution is 0.173. The minimum absolute atomic E-state index is 0.322. The van der Waals surface area contributed by atoms with Gasteiger partial charge in [0, 0.05) is 12.6 Å². The predicted molar refractivity (Wildman–Crippen MR) is 71.7 cm³/mol.